The number of hydrogen-bond acceptors (Lipinski definition) is 7. The standard InChI is InChI=1S/C19H19NO5S2/c1-5-20-18(26)16(25-19(20)27)8-11-6-7-13(24-11)17-14(22-3)9-12(21-2)10-15(17)23-4/h6-10H,5H2,1-4H3/b16-8+. The Kier molecular flexibility index (Phi) is 5.67. The third-order valence-electron chi connectivity index (χ3n) is 4.05. The predicted octanol–water partition coefficient (Wildman–Crippen LogP) is 4.28. The summed E-state index contributed by atoms with van der Waals surface area (Å²) >= 11 is 10.6. The van der Waals surface area contributed by atoms with Crippen LogP contribution in [0.5, 0.6) is 17.2 Å². The molecule has 1 aromatic carbocycles. The Morgan fingerprint density at radius 3 is 2.22 bits per heavy atom. The average Bonchev–Trinajstić information content (AvgIpc) is 3.24. The fraction of sp³-hybridized carbons (Fsp3) is 0.263. The lowest BCUT2D eigenvalue weighted by atomic mass is 10.1. The lowest BCUT2D eigenvalue weighted by Gasteiger charge is -2.13. The zero-order chi connectivity index (χ0) is 19.6. The summed E-state index contributed by atoms with van der Waals surface area (Å²) in [6.45, 7) is 2.61. The number of furan rings is 1. The van der Waals surface area contributed by atoms with Crippen LogP contribution < -0.4 is 14.2 Å². The van der Waals surface area contributed by atoms with Gasteiger partial charge in [-0.15, -0.1) is 0 Å². The molecule has 0 saturated carbocycles. The summed E-state index contributed by atoms with van der Waals surface area (Å²) < 4.78 is 27.8. The van der Waals surface area contributed by atoms with Gasteiger partial charge in [-0.25, -0.2) is 0 Å². The maximum atomic E-state index is 5.96. The van der Waals surface area contributed by atoms with Crippen molar-refractivity contribution in [3.05, 3.63) is 35.8 Å². The topological polar surface area (TPSA) is 53.3 Å². The van der Waals surface area contributed by atoms with Crippen LogP contribution in [0.25, 0.3) is 17.4 Å². The van der Waals surface area contributed by atoms with Gasteiger partial charge in [0.05, 0.1) is 21.3 Å². The molecule has 0 aliphatic carbocycles. The van der Waals surface area contributed by atoms with E-state index in [2.05, 4.69) is 0 Å². The van der Waals surface area contributed by atoms with Crippen molar-refractivity contribution in [2.75, 3.05) is 27.9 Å². The number of benzene rings is 1. The maximum absolute atomic E-state index is 5.96. The third kappa shape index (κ3) is 3.63. The highest BCUT2D eigenvalue weighted by Gasteiger charge is 2.28. The van der Waals surface area contributed by atoms with Crippen molar-refractivity contribution in [3.8, 4) is 28.6 Å². The molecule has 1 aliphatic heterocycles. The molecule has 2 heterocycles. The minimum atomic E-state index is 0.346. The van der Waals surface area contributed by atoms with E-state index in [0.717, 1.165) is 0 Å². The first-order valence-corrected chi connectivity index (χ1v) is 8.99. The Hall–Kier alpha value is -2.58. The normalized spacial score (nSPS) is 15.3. The molecule has 1 aliphatic rings. The van der Waals surface area contributed by atoms with E-state index < -0.39 is 0 Å². The second-order valence-corrected chi connectivity index (χ2v) is 6.27. The van der Waals surface area contributed by atoms with Crippen LogP contribution in [0.1, 0.15) is 12.7 Å². The molecule has 1 fully saturated rings. The van der Waals surface area contributed by atoms with Crippen molar-refractivity contribution in [2.45, 2.75) is 6.92 Å². The van der Waals surface area contributed by atoms with Gasteiger partial charge in [0.15, 0.2) is 10.7 Å². The molecule has 0 spiro atoms. The summed E-state index contributed by atoms with van der Waals surface area (Å²) in [5.41, 5.74) is 0.686. The maximum Gasteiger partial charge on any atom is 0.270 e. The quantitative estimate of drug-likeness (QED) is 0.522. The average molecular weight is 405 g/mol. The zero-order valence-electron chi connectivity index (χ0n) is 15.4. The van der Waals surface area contributed by atoms with Gasteiger partial charge in [0, 0.05) is 24.8 Å². The molecule has 1 aromatic heterocycles. The number of methoxy groups -OCH3 is 3. The summed E-state index contributed by atoms with van der Waals surface area (Å²) in [4.78, 5) is 2.29. The van der Waals surface area contributed by atoms with Gasteiger partial charge in [0.2, 0.25) is 0 Å². The lowest BCUT2D eigenvalue weighted by molar-refractivity contribution is 0.375. The van der Waals surface area contributed by atoms with Gasteiger partial charge in [-0.2, -0.15) is 0 Å². The van der Waals surface area contributed by atoms with E-state index in [1.165, 1.54) is 0 Å². The molecule has 0 atom stereocenters. The van der Waals surface area contributed by atoms with E-state index in [9.17, 15) is 0 Å². The first kappa shape index (κ1) is 19.2. The van der Waals surface area contributed by atoms with E-state index in [4.69, 9.17) is 47.8 Å². The number of thiocarbonyl (C=S) groups is 2. The van der Waals surface area contributed by atoms with Gasteiger partial charge in [-0.05, 0) is 31.3 Å². The molecule has 3 rings (SSSR count). The summed E-state index contributed by atoms with van der Waals surface area (Å²) in [7, 11) is 4.74. The minimum absolute atomic E-state index is 0.346. The van der Waals surface area contributed by atoms with Gasteiger partial charge in [0.25, 0.3) is 5.17 Å². The number of likely N-dealkylation sites (N-methyl/N-ethyl adjacent to an activating group) is 1. The van der Waals surface area contributed by atoms with Crippen molar-refractivity contribution >= 4 is 40.7 Å². The number of ether oxygens (including phenoxy) is 4. The lowest BCUT2D eigenvalue weighted by Crippen LogP contribution is -2.26. The molecule has 142 valence electrons. The van der Waals surface area contributed by atoms with Crippen LogP contribution in [0, 0.1) is 0 Å². The Bertz CT molecular complexity index is 894. The molecule has 0 radical (unpaired) electrons. The third-order valence-corrected chi connectivity index (χ3v) is 4.78. The minimum Gasteiger partial charge on any atom is -0.496 e. The van der Waals surface area contributed by atoms with Crippen LogP contribution >= 0.6 is 24.4 Å². The SMILES string of the molecule is CCN1C(=S)O/C(=C/c2ccc(-c3c(OC)cc(OC)cc3OC)o2)C1=S. The molecule has 0 amide bonds. The molecule has 0 N–H and O–H groups in total. The number of hydrogen-bond donors (Lipinski definition) is 0. The molecular weight excluding hydrogens is 386 g/mol. The Morgan fingerprint density at radius 1 is 1.04 bits per heavy atom. The molecular formula is C19H19NO5S2. The Balaban J connectivity index is 1.99. The molecule has 1 saturated heterocycles. The Morgan fingerprint density at radius 2 is 1.70 bits per heavy atom. The van der Waals surface area contributed by atoms with Gasteiger partial charge < -0.3 is 23.4 Å². The molecule has 0 bridgehead atoms. The fourth-order valence-electron chi connectivity index (χ4n) is 2.72. The van der Waals surface area contributed by atoms with Crippen molar-refractivity contribution in [1.29, 1.82) is 0 Å². The monoisotopic (exact) mass is 405 g/mol. The van der Waals surface area contributed by atoms with Crippen LogP contribution in [0.3, 0.4) is 0 Å². The van der Waals surface area contributed by atoms with Crippen LogP contribution in [0.2, 0.25) is 0 Å². The van der Waals surface area contributed by atoms with Crippen LogP contribution in [0.15, 0.2) is 34.4 Å². The first-order chi connectivity index (χ1) is 13.0. The fourth-order valence-corrected chi connectivity index (χ4v) is 3.40. The van der Waals surface area contributed by atoms with Gasteiger partial charge in [0.1, 0.15) is 34.3 Å². The molecule has 8 heteroatoms. The smallest absolute Gasteiger partial charge is 0.270 e. The number of nitrogens with zero attached hydrogens (tertiary/aromatic N) is 1. The highest BCUT2D eigenvalue weighted by Crippen LogP contribution is 2.42. The van der Waals surface area contributed by atoms with Crippen LogP contribution in [-0.2, 0) is 4.74 Å². The summed E-state index contributed by atoms with van der Waals surface area (Å²) in [6, 6.07) is 7.18. The molecule has 0 unspecified atom stereocenters. The van der Waals surface area contributed by atoms with Crippen molar-refractivity contribution in [3.63, 3.8) is 0 Å². The second kappa shape index (κ2) is 7.98. The van der Waals surface area contributed by atoms with E-state index in [1.807, 2.05) is 19.1 Å². The molecule has 6 nitrogen and oxygen atoms in total. The van der Waals surface area contributed by atoms with Crippen molar-refractivity contribution in [1.82, 2.24) is 4.90 Å². The summed E-state index contributed by atoms with van der Waals surface area (Å²) in [6.07, 6.45) is 1.72. The molecule has 2 aromatic rings. The summed E-state index contributed by atoms with van der Waals surface area (Å²) in [5.74, 6) is 3.42. The zero-order valence-corrected chi connectivity index (χ0v) is 17.0. The van der Waals surface area contributed by atoms with E-state index in [-0.39, 0.29) is 0 Å². The van der Waals surface area contributed by atoms with Gasteiger partial charge >= 0.3 is 0 Å². The van der Waals surface area contributed by atoms with Gasteiger partial charge in [-0.3, -0.25) is 4.90 Å². The largest absolute Gasteiger partial charge is 0.496 e. The van der Waals surface area contributed by atoms with E-state index >= 15 is 0 Å². The van der Waals surface area contributed by atoms with E-state index in [1.54, 1.807) is 44.4 Å². The highest BCUT2D eigenvalue weighted by atomic mass is 32.1. The van der Waals surface area contributed by atoms with E-state index in [0.29, 0.717) is 56.8 Å². The first-order valence-electron chi connectivity index (χ1n) is 8.18. The Labute approximate surface area is 168 Å². The highest BCUT2D eigenvalue weighted by molar-refractivity contribution is 7.82. The number of rotatable bonds is 6. The second-order valence-electron chi connectivity index (χ2n) is 5.53. The molecule has 27 heavy (non-hydrogen) atoms. The van der Waals surface area contributed by atoms with Crippen molar-refractivity contribution in [2.24, 2.45) is 0 Å². The predicted molar refractivity (Wildman–Crippen MR) is 110 cm³/mol. The van der Waals surface area contributed by atoms with Crippen LogP contribution in [-0.4, -0.2) is 42.9 Å². The summed E-state index contributed by atoms with van der Waals surface area (Å²) in [5, 5.41) is 0.346. The van der Waals surface area contributed by atoms with Gasteiger partial charge in [-0.1, -0.05) is 12.2 Å². The van der Waals surface area contributed by atoms with Crippen molar-refractivity contribution < 1.29 is 23.4 Å². The van der Waals surface area contributed by atoms with Crippen LogP contribution in [0.4, 0.5) is 0 Å².